The molecule has 0 bridgehead atoms. The summed E-state index contributed by atoms with van der Waals surface area (Å²) in [6, 6.07) is 14.9. The van der Waals surface area contributed by atoms with Crippen molar-refractivity contribution < 1.29 is 14.6 Å². The first-order chi connectivity index (χ1) is 11.4. The standard InChI is InChI=1S/C19H22ClNO3/c1-19(2,13-22)21-18(23)11-14-6-5-8-16(10-14)24-12-15-7-3-4-9-17(15)20/h3-10,22H,11-13H2,1-2H3,(H,21,23). The zero-order valence-corrected chi connectivity index (χ0v) is 14.6. The summed E-state index contributed by atoms with van der Waals surface area (Å²) in [7, 11) is 0. The van der Waals surface area contributed by atoms with Crippen LogP contribution in [0, 0.1) is 0 Å². The highest BCUT2D eigenvalue weighted by Crippen LogP contribution is 2.19. The van der Waals surface area contributed by atoms with Crippen molar-refractivity contribution in [3.63, 3.8) is 0 Å². The largest absolute Gasteiger partial charge is 0.489 e. The predicted octanol–water partition coefficient (Wildman–Crippen LogP) is 3.35. The maximum Gasteiger partial charge on any atom is 0.224 e. The van der Waals surface area contributed by atoms with Crippen molar-refractivity contribution in [3.8, 4) is 5.75 Å². The minimum Gasteiger partial charge on any atom is -0.489 e. The first-order valence-corrected chi connectivity index (χ1v) is 8.14. The molecule has 128 valence electrons. The number of halogens is 1. The number of carbonyl (C=O) groups excluding carboxylic acids is 1. The number of aliphatic hydroxyl groups is 1. The second-order valence-corrected chi connectivity index (χ2v) is 6.70. The van der Waals surface area contributed by atoms with E-state index in [1.165, 1.54) is 0 Å². The van der Waals surface area contributed by atoms with Crippen LogP contribution in [0.3, 0.4) is 0 Å². The summed E-state index contributed by atoms with van der Waals surface area (Å²) in [6.45, 7) is 3.80. The molecule has 1 amide bonds. The molecular weight excluding hydrogens is 326 g/mol. The van der Waals surface area contributed by atoms with E-state index < -0.39 is 5.54 Å². The molecule has 4 nitrogen and oxygen atoms in total. The van der Waals surface area contributed by atoms with E-state index in [9.17, 15) is 9.90 Å². The van der Waals surface area contributed by atoms with Crippen LogP contribution >= 0.6 is 11.6 Å². The van der Waals surface area contributed by atoms with Crippen LogP contribution in [0.1, 0.15) is 25.0 Å². The monoisotopic (exact) mass is 347 g/mol. The lowest BCUT2D eigenvalue weighted by atomic mass is 10.1. The van der Waals surface area contributed by atoms with Gasteiger partial charge < -0.3 is 15.2 Å². The highest BCUT2D eigenvalue weighted by atomic mass is 35.5. The number of amides is 1. The van der Waals surface area contributed by atoms with Gasteiger partial charge >= 0.3 is 0 Å². The predicted molar refractivity (Wildman–Crippen MR) is 95.2 cm³/mol. The second-order valence-electron chi connectivity index (χ2n) is 6.29. The zero-order chi connectivity index (χ0) is 17.6. The van der Waals surface area contributed by atoms with E-state index in [-0.39, 0.29) is 18.9 Å². The molecule has 0 aliphatic rings. The van der Waals surface area contributed by atoms with Gasteiger partial charge in [0.1, 0.15) is 12.4 Å². The van der Waals surface area contributed by atoms with Crippen LogP contribution in [0.25, 0.3) is 0 Å². The minimum absolute atomic E-state index is 0.111. The van der Waals surface area contributed by atoms with Crippen LogP contribution in [0.2, 0.25) is 5.02 Å². The van der Waals surface area contributed by atoms with Gasteiger partial charge in [-0.2, -0.15) is 0 Å². The summed E-state index contributed by atoms with van der Waals surface area (Å²) in [5.41, 5.74) is 1.12. The van der Waals surface area contributed by atoms with Crippen LogP contribution in [0.15, 0.2) is 48.5 Å². The number of hydrogen-bond acceptors (Lipinski definition) is 3. The minimum atomic E-state index is -0.630. The highest BCUT2D eigenvalue weighted by Gasteiger charge is 2.19. The van der Waals surface area contributed by atoms with Crippen LogP contribution in [-0.4, -0.2) is 23.2 Å². The van der Waals surface area contributed by atoms with E-state index in [1.807, 2.05) is 48.5 Å². The van der Waals surface area contributed by atoms with Crippen molar-refractivity contribution in [2.45, 2.75) is 32.4 Å². The van der Waals surface area contributed by atoms with Crippen molar-refractivity contribution in [1.82, 2.24) is 5.32 Å². The van der Waals surface area contributed by atoms with E-state index in [4.69, 9.17) is 16.3 Å². The third kappa shape index (κ3) is 5.55. The third-order valence-electron chi connectivity index (χ3n) is 3.49. The molecule has 24 heavy (non-hydrogen) atoms. The summed E-state index contributed by atoms with van der Waals surface area (Å²) in [6.07, 6.45) is 0.229. The number of aliphatic hydroxyl groups excluding tert-OH is 1. The molecule has 2 rings (SSSR count). The number of hydrogen-bond donors (Lipinski definition) is 2. The first-order valence-electron chi connectivity index (χ1n) is 7.77. The van der Waals surface area contributed by atoms with Gasteiger partial charge in [0, 0.05) is 10.6 Å². The van der Waals surface area contributed by atoms with Crippen LogP contribution in [0.4, 0.5) is 0 Å². The van der Waals surface area contributed by atoms with Crippen LogP contribution in [-0.2, 0) is 17.8 Å². The maximum absolute atomic E-state index is 12.0. The fourth-order valence-electron chi connectivity index (χ4n) is 2.17. The van der Waals surface area contributed by atoms with Crippen molar-refractivity contribution in [2.24, 2.45) is 0 Å². The quantitative estimate of drug-likeness (QED) is 0.807. The van der Waals surface area contributed by atoms with Gasteiger partial charge in [-0.05, 0) is 37.6 Å². The number of nitrogens with one attached hydrogen (secondary N) is 1. The van der Waals surface area contributed by atoms with Gasteiger partial charge in [-0.1, -0.05) is 41.9 Å². The Morgan fingerprint density at radius 3 is 2.67 bits per heavy atom. The van der Waals surface area contributed by atoms with Crippen molar-refractivity contribution in [3.05, 3.63) is 64.7 Å². The Kier molecular flexibility index (Phi) is 6.23. The maximum atomic E-state index is 12.0. The third-order valence-corrected chi connectivity index (χ3v) is 3.86. The number of benzene rings is 2. The van der Waals surface area contributed by atoms with Gasteiger partial charge in [0.25, 0.3) is 0 Å². The Morgan fingerprint density at radius 2 is 1.96 bits per heavy atom. The van der Waals surface area contributed by atoms with E-state index >= 15 is 0 Å². The Bertz CT molecular complexity index is 701. The van der Waals surface area contributed by atoms with Crippen LogP contribution in [0.5, 0.6) is 5.75 Å². The summed E-state index contributed by atoms with van der Waals surface area (Å²) in [4.78, 5) is 12.0. The molecule has 0 aliphatic carbocycles. The molecule has 0 saturated carbocycles. The lowest BCUT2D eigenvalue weighted by Gasteiger charge is -2.23. The SMILES string of the molecule is CC(C)(CO)NC(=O)Cc1cccc(OCc2ccccc2Cl)c1. The molecule has 0 unspecified atom stereocenters. The molecule has 5 heteroatoms. The molecule has 0 radical (unpaired) electrons. The Morgan fingerprint density at radius 1 is 1.21 bits per heavy atom. The van der Waals surface area contributed by atoms with E-state index in [0.717, 1.165) is 11.1 Å². The van der Waals surface area contributed by atoms with Crippen molar-refractivity contribution >= 4 is 17.5 Å². The molecule has 2 aromatic carbocycles. The average molecular weight is 348 g/mol. The van der Waals surface area contributed by atoms with Gasteiger partial charge in [-0.3, -0.25) is 4.79 Å². The lowest BCUT2D eigenvalue weighted by molar-refractivity contribution is -0.122. The fraction of sp³-hybridized carbons (Fsp3) is 0.316. The van der Waals surface area contributed by atoms with Gasteiger partial charge in [-0.25, -0.2) is 0 Å². The summed E-state index contributed by atoms with van der Waals surface area (Å²) >= 11 is 6.11. The number of rotatable bonds is 7. The molecular formula is C19H22ClNO3. The van der Waals surface area contributed by atoms with Gasteiger partial charge in [0.2, 0.25) is 5.91 Å². The average Bonchev–Trinajstić information content (AvgIpc) is 2.54. The van der Waals surface area contributed by atoms with E-state index in [0.29, 0.717) is 17.4 Å². The number of carbonyl (C=O) groups is 1. The van der Waals surface area contributed by atoms with Crippen LogP contribution < -0.4 is 10.1 Å². The van der Waals surface area contributed by atoms with E-state index in [2.05, 4.69) is 5.32 Å². The molecule has 0 spiro atoms. The lowest BCUT2D eigenvalue weighted by Crippen LogP contribution is -2.46. The van der Waals surface area contributed by atoms with E-state index in [1.54, 1.807) is 13.8 Å². The van der Waals surface area contributed by atoms with Gasteiger partial charge in [0.05, 0.1) is 18.6 Å². The fourth-order valence-corrected chi connectivity index (χ4v) is 2.36. The topological polar surface area (TPSA) is 58.6 Å². The molecule has 0 heterocycles. The molecule has 2 aromatic rings. The first kappa shape index (κ1) is 18.3. The molecule has 0 atom stereocenters. The Hall–Kier alpha value is -2.04. The second kappa shape index (κ2) is 8.18. The number of ether oxygens (including phenoxy) is 1. The molecule has 0 fully saturated rings. The van der Waals surface area contributed by atoms with Gasteiger partial charge in [0.15, 0.2) is 0 Å². The molecule has 0 aliphatic heterocycles. The summed E-state index contributed by atoms with van der Waals surface area (Å²) < 4.78 is 5.76. The molecule has 0 aromatic heterocycles. The summed E-state index contributed by atoms with van der Waals surface area (Å²) in [5, 5.41) is 12.7. The normalized spacial score (nSPS) is 11.2. The zero-order valence-electron chi connectivity index (χ0n) is 13.9. The smallest absolute Gasteiger partial charge is 0.224 e. The molecule has 0 saturated heterocycles. The Balaban J connectivity index is 1.96. The Labute approximate surface area is 147 Å². The highest BCUT2D eigenvalue weighted by molar-refractivity contribution is 6.31. The molecule has 2 N–H and O–H groups in total. The van der Waals surface area contributed by atoms with Crippen molar-refractivity contribution in [2.75, 3.05) is 6.61 Å². The van der Waals surface area contributed by atoms with Crippen molar-refractivity contribution in [1.29, 1.82) is 0 Å². The van der Waals surface area contributed by atoms with Gasteiger partial charge in [-0.15, -0.1) is 0 Å². The summed E-state index contributed by atoms with van der Waals surface area (Å²) in [5.74, 6) is 0.541.